The summed E-state index contributed by atoms with van der Waals surface area (Å²) in [7, 11) is 5.06. The van der Waals surface area contributed by atoms with Crippen molar-refractivity contribution in [2.24, 2.45) is 23.5 Å². The van der Waals surface area contributed by atoms with Gasteiger partial charge in [0.25, 0.3) is 5.91 Å². The highest BCUT2D eigenvalue weighted by atomic mass is 33.1. The minimum atomic E-state index is -1.01. The molecule has 2 aromatic heterocycles. The van der Waals surface area contributed by atoms with Crippen LogP contribution in [-0.4, -0.2) is 135 Å². The molecule has 74 heavy (non-hydrogen) atoms. The smallest absolute Gasteiger partial charge is 0.319 e. The zero-order chi connectivity index (χ0) is 54.0. The van der Waals surface area contributed by atoms with E-state index in [1.165, 1.54) is 29.3 Å². The number of piperidine rings is 1. The first-order chi connectivity index (χ1) is 34.8. The number of aliphatic carboxylic acids is 1. The molecule has 0 bridgehead atoms. The molecule has 22 heteroatoms. The Balaban J connectivity index is 0.00000100. The number of amides is 3. The van der Waals surface area contributed by atoms with Crippen LogP contribution in [-0.2, 0) is 49.4 Å². The fourth-order valence-corrected chi connectivity index (χ4v) is 10.4. The number of rotatable bonds is 28. The second kappa shape index (κ2) is 34.3. The predicted molar refractivity (Wildman–Crippen MR) is 288 cm³/mol. The number of nitrogens with one attached hydrogen (secondary N) is 2. The third-order valence-electron chi connectivity index (χ3n) is 12.1. The average Bonchev–Trinajstić information content (AvgIpc) is 3.86. The SMILES string of the molecule is C.CCCC(=O)OCN(C(=O)[C@@H](NC(=O)[C@H]1CCCCN1C)C(C)CC)[C@H](C[C@@H](OC(C)=O)c1nc(C(=O)N[C@@H](Cc2ccc(O)cc2)C[C@H](C)C(=O)O)cs1)C(C)C.NCC(=O)OCCSSc1ccccn1. The molecule has 412 valence electrons. The van der Waals surface area contributed by atoms with Crippen LogP contribution in [0.2, 0.25) is 0 Å². The predicted octanol–water partition coefficient (Wildman–Crippen LogP) is 7.42. The summed E-state index contributed by atoms with van der Waals surface area (Å²) in [6.45, 7) is 13.0. The van der Waals surface area contributed by atoms with Gasteiger partial charge in [0.05, 0.1) is 18.5 Å². The van der Waals surface area contributed by atoms with Crippen molar-refractivity contribution < 1.29 is 58.0 Å². The Morgan fingerprint density at radius 3 is 2.28 bits per heavy atom. The van der Waals surface area contributed by atoms with Crippen LogP contribution < -0.4 is 16.4 Å². The standard InChI is InChI=1S/C42H63N5O10S.C9H12N2O2S2.CH4/c1-9-13-36(50)56-24-47(41(53)37(26(5)10-2)45-39(52)33-14-11-12-19-46(33)8)34(25(3)4)22-35(57-28(7)48)40-44-32(23-58-40)38(51)43-30(20-27(6)42(54)55)21-29-15-17-31(49)18-16-29;10-7-9(12)13-5-6-14-15-8-3-1-2-4-11-8;/h15-18,23,25-27,30,33-35,37,49H,9-14,19-22,24H2,1-8H3,(H,43,51)(H,45,52)(H,54,55);1-4H,5-7,10H2;1H4/t26?,27-,30+,33+,34+,35+,37-;;/m0../s1. The number of nitrogens with two attached hydrogens (primary N) is 1. The van der Waals surface area contributed by atoms with E-state index in [9.17, 15) is 43.8 Å². The Hall–Kier alpha value is -5.29. The quantitative estimate of drug-likeness (QED) is 0.0156. The lowest BCUT2D eigenvalue weighted by Crippen LogP contribution is -2.59. The van der Waals surface area contributed by atoms with Crippen molar-refractivity contribution in [2.45, 2.75) is 149 Å². The van der Waals surface area contributed by atoms with E-state index in [1.54, 1.807) is 46.8 Å². The topological polar surface area (TPSA) is 270 Å². The number of esters is 3. The number of phenols is 1. The zero-order valence-corrected chi connectivity index (χ0v) is 45.7. The third-order valence-corrected chi connectivity index (χ3v) is 15.3. The second-order valence-electron chi connectivity index (χ2n) is 18.3. The van der Waals surface area contributed by atoms with Crippen LogP contribution in [0, 0.1) is 17.8 Å². The van der Waals surface area contributed by atoms with Crippen LogP contribution in [0.25, 0.3) is 0 Å². The molecule has 3 heterocycles. The molecule has 4 rings (SSSR count). The van der Waals surface area contributed by atoms with Crippen molar-refractivity contribution in [3.05, 3.63) is 70.3 Å². The molecule has 1 aliphatic rings. The lowest BCUT2D eigenvalue weighted by atomic mass is 9.92. The van der Waals surface area contributed by atoms with E-state index >= 15 is 0 Å². The fraction of sp³-hybridized carbons (Fsp3) is 0.596. The number of phenolic OH excluding ortho intramolecular Hbond substituents is 1. The number of carbonyl (C=O) groups is 7. The van der Waals surface area contributed by atoms with Gasteiger partial charge in [0, 0.05) is 49.2 Å². The molecule has 1 unspecified atom stereocenters. The number of benzene rings is 1. The largest absolute Gasteiger partial charge is 0.508 e. The maximum absolute atomic E-state index is 14.7. The number of ether oxygens (including phenoxy) is 3. The van der Waals surface area contributed by atoms with Gasteiger partial charge < -0.3 is 45.7 Å². The maximum Gasteiger partial charge on any atom is 0.319 e. The van der Waals surface area contributed by atoms with Crippen LogP contribution in [0.3, 0.4) is 0 Å². The molecule has 3 aromatic rings. The van der Waals surface area contributed by atoms with E-state index in [0.29, 0.717) is 37.3 Å². The van der Waals surface area contributed by atoms with E-state index in [0.717, 1.165) is 47.1 Å². The first-order valence-corrected chi connectivity index (χ1v) is 27.9. The molecule has 0 radical (unpaired) electrons. The molecule has 0 aliphatic carbocycles. The first-order valence-electron chi connectivity index (χ1n) is 24.7. The number of pyridine rings is 1. The van der Waals surface area contributed by atoms with E-state index in [-0.39, 0.29) is 81.2 Å². The second-order valence-corrected chi connectivity index (χ2v) is 21.6. The summed E-state index contributed by atoms with van der Waals surface area (Å²) in [5.41, 5.74) is 5.90. The van der Waals surface area contributed by atoms with Crippen molar-refractivity contribution in [1.82, 2.24) is 30.4 Å². The van der Waals surface area contributed by atoms with Gasteiger partial charge in [-0.05, 0) is 98.2 Å². The van der Waals surface area contributed by atoms with Gasteiger partial charge in [0.15, 0.2) is 12.8 Å². The van der Waals surface area contributed by atoms with Gasteiger partial charge >= 0.3 is 23.9 Å². The molecular formula is C52H79N7O12S3. The van der Waals surface area contributed by atoms with Crippen LogP contribution in [0.5, 0.6) is 5.75 Å². The van der Waals surface area contributed by atoms with Gasteiger partial charge in [-0.15, -0.1) is 11.3 Å². The highest BCUT2D eigenvalue weighted by Crippen LogP contribution is 2.32. The molecule has 1 saturated heterocycles. The Bertz CT molecular complexity index is 2200. The van der Waals surface area contributed by atoms with E-state index in [1.807, 2.05) is 64.8 Å². The average molecular weight is 1090 g/mol. The number of carbonyl (C=O) groups excluding carboxylic acids is 6. The molecule has 1 fully saturated rings. The number of likely N-dealkylation sites (tertiary alicyclic amines) is 1. The summed E-state index contributed by atoms with van der Waals surface area (Å²) in [5.74, 6) is -4.17. The minimum absolute atomic E-state index is 0. The summed E-state index contributed by atoms with van der Waals surface area (Å²) < 4.78 is 16.3. The van der Waals surface area contributed by atoms with Crippen LogP contribution >= 0.6 is 32.9 Å². The highest BCUT2D eigenvalue weighted by molar-refractivity contribution is 8.76. The molecule has 6 N–H and O–H groups in total. The number of carboxylic acid groups (broad SMARTS) is 1. The molecule has 0 spiro atoms. The van der Waals surface area contributed by atoms with Crippen molar-refractivity contribution in [3.63, 3.8) is 0 Å². The van der Waals surface area contributed by atoms with Crippen LogP contribution in [0.4, 0.5) is 0 Å². The molecule has 7 atom stereocenters. The summed E-state index contributed by atoms with van der Waals surface area (Å²) in [6, 6.07) is 9.59. The molecule has 1 aliphatic heterocycles. The number of likely N-dealkylation sites (N-methyl/N-ethyl adjacent to an activating group) is 1. The fourth-order valence-electron chi connectivity index (χ4n) is 7.82. The summed E-state index contributed by atoms with van der Waals surface area (Å²) in [5, 5.41) is 28.0. The van der Waals surface area contributed by atoms with Crippen LogP contribution in [0.15, 0.2) is 59.1 Å². The van der Waals surface area contributed by atoms with Gasteiger partial charge in [-0.25, -0.2) is 9.97 Å². The summed E-state index contributed by atoms with van der Waals surface area (Å²) in [6.07, 6.45) is 5.06. The number of nitrogens with zero attached hydrogens (tertiary/aromatic N) is 4. The Labute approximate surface area is 448 Å². The van der Waals surface area contributed by atoms with E-state index in [4.69, 9.17) is 19.9 Å². The summed E-state index contributed by atoms with van der Waals surface area (Å²) in [4.78, 5) is 102. The third kappa shape index (κ3) is 22.7. The maximum atomic E-state index is 14.7. The summed E-state index contributed by atoms with van der Waals surface area (Å²) >= 11 is 1.10. The van der Waals surface area contributed by atoms with Crippen molar-refractivity contribution in [3.8, 4) is 5.75 Å². The zero-order valence-electron chi connectivity index (χ0n) is 43.3. The normalized spacial score (nSPS) is 15.8. The lowest BCUT2D eigenvalue weighted by molar-refractivity contribution is -0.160. The molecule has 3 amide bonds. The monoisotopic (exact) mass is 1090 g/mol. The first kappa shape index (κ1) is 64.8. The van der Waals surface area contributed by atoms with E-state index < -0.39 is 59.9 Å². The van der Waals surface area contributed by atoms with Gasteiger partial charge in [0.1, 0.15) is 34.1 Å². The Morgan fingerprint density at radius 1 is 0.973 bits per heavy atom. The highest BCUT2D eigenvalue weighted by Gasteiger charge is 2.39. The number of thiazole rings is 1. The van der Waals surface area contributed by atoms with Crippen LogP contribution in [0.1, 0.15) is 134 Å². The number of carboxylic acids is 1. The molecular weight excluding hydrogens is 1010 g/mol. The van der Waals surface area contributed by atoms with Gasteiger partial charge in [0.2, 0.25) is 11.8 Å². The molecule has 1 aromatic carbocycles. The number of hydrogen-bond acceptors (Lipinski definition) is 18. The minimum Gasteiger partial charge on any atom is -0.508 e. The number of aromatic hydroxyl groups is 1. The molecule has 19 nitrogen and oxygen atoms in total. The van der Waals surface area contributed by atoms with Gasteiger partial charge in [-0.3, -0.25) is 38.5 Å². The Morgan fingerprint density at radius 2 is 1.69 bits per heavy atom. The van der Waals surface area contributed by atoms with Gasteiger partial charge in [-0.2, -0.15) is 0 Å². The Kier molecular flexibility index (Phi) is 30.1. The van der Waals surface area contributed by atoms with Crippen molar-refractivity contribution >= 4 is 74.5 Å². The van der Waals surface area contributed by atoms with Gasteiger partial charge in [-0.1, -0.05) is 90.8 Å². The van der Waals surface area contributed by atoms with E-state index in [2.05, 4.69) is 20.6 Å². The lowest BCUT2D eigenvalue weighted by Gasteiger charge is -2.39. The van der Waals surface area contributed by atoms with Crippen molar-refractivity contribution in [1.29, 1.82) is 0 Å². The number of hydrogen-bond donors (Lipinski definition) is 5. The van der Waals surface area contributed by atoms with Crippen molar-refractivity contribution in [2.75, 3.05) is 39.2 Å². The molecule has 0 saturated carbocycles. The number of aromatic nitrogens is 2.